The lowest BCUT2D eigenvalue weighted by Crippen LogP contribution is -2.35. The van der Waals surface area contributed by atoms with Gasteiger partial charge in [0, 0.05) is 37.6 Å². The highest BCUT2D eigenvalue weighted by atomic mass is 32.2. The van der Waals surface area contributed by atoms with Crippen molar-refractivity contribution in [2.45, 2.75) is 48.8 Å². The molecule has 4 rings (SSSR count). The van der Waals surface area contributed by atoms with Crippen molar-refractivity contribution in [1.29, 1.82) is 0 Å². The predicted molar refractivity (Wildman–Crippen MR) is 111 cm³/mol. The molecule has 2 aromatic heterocycles. The van der Waals surface area contributed by atoms with Gasteiger partial charge in [-0.3, -0.25) is 0 Å². The van der Waals surface area contributed by atoms with E-state index in [0.29, 0.717) is 28.2 Å². The third kappa shape index (κ3) is 5.26. The van der Waals surface area contributed by atoms with E-state index in [9.17, 15) is 0 Å². The first-order chi connectivity index (χ1) is 13.2. The quantitative estimate of drug-likeness (QED) is 0.446. The molecule has 0 bridgehead atoms. The summed E-state index contributed by atoms with van der Waals surface area (Å²) in [5.41, 5.74) is 0. The zero-order valence-electron chi connectivity index (χ0n) is 15.3. The molecule has 9 heteroatoms. The van der Waals surface area contributed by atoms with Crippen LogP contribution in [0, 0.1) is 5.92 Å². The molecule has 0 radical (unpaired) electrons. The van der Waals surface area contributed by atoms with Crippen LogP contribution in [0.2, 0.25) is 0 Å². The van der Waals surface area contributed by atoms with Gasteiger partial charge in [-0.05, 0) is 61.6 Å². The van der Waals surface area contributed by atoms with Crippen LogP contribution in [0.1, 0.15) is 32.6 Å². The summed E-state index contributed by atoms with van der Waals surface area (Å²) in [4.78, 5) is 20.2. The Hall–Kier alpha value is -2.00. The summed E-state index contributed by atoms with van der Waals surface area (Å²) >= 11 is 6.83. The number of aromatic nitrogens is 4. The standard InChI is InChI=1S/C18H23N7S2/c1-12-4-2-9-25(11-12)14-10-15(27-18-19-7-3-8-20-18)23-16(22-14)24-17(26)21-13-5-6-13/h3,7-8,10,12-13H,2,4-6,9,11H2,1H3,(H2,21,22,23,24,26). The van der Waals surface area contributed by atoms with Gasteiger partial charge in [-0.25, -0.2) is 15.0 Å². The van der Waals surface area contributed by atoms with Gasteiger partial charge in [0.25, 0.3) is 0 Å². The van der Waals surface area contributed by atoms with Gasteiger partial charge in [-0.1, -0.05) is 6.92 Å². The highest BCUT2D eigenvalue weighted by Crippen LogP contribution is 2.29. The Morgan fingerprint density at radius 1 is 1.22 bits per heavy atom. The van der Waals surface area contributed by atoms with Crippen molar-refractivity contribution in [2.24, 2.45) is 5.92 Å². The molecular weight excluding hydrogens is 378 g/mol. The van der Waals surface area contributed by atoms with Gasteiger partial charge in [0.05, 0.1) is 0 Å². The van der Waals surface area contributed by atoms with Crippen LogP contribution in [0.3, 0.4) is 0 Å². The Kier molecular flexibility index (Phi) is 5.68. The molecule has 1 atom stereocenters. The van der Waals surface area contributed by atoms with Gasteiger partial charge >= 0.3 is 0 Å². The van der Waals surface area contributed by atoms with E-state index < -0.39 is 0 Å². The molecule has 142 valence electrons. The molecule has 1 aliphatic heterocycles. The maximum Gasteiger partial charge on any atom is 0.232 e. The molecule has 2 aromatic rings. The summed E-state index contributed by atoms with van der Waals surface area (Å²) in [5, 5.41) is 8.47. The lowest BCUT2D eigenvalue weighted by atomic mass is 10.0. The number of anilines is 2. The Morgan fingerprint density at radius 2 is 2.04 bits per heavy atom. The molecule has 1 saturated carbocycles. The summed E-state index contributed by atoms with van der Waals surface area (Å²) < 4.78 is 0. The first kappa shape index (κ1) is 18.4. The molecule has 1 aliphatic carbocycles. The zero-order valence-corrected chi connectivity index (χ0v) is 16.9. The van der Waals surface area contributed by atoms with Gasteiger partial charge in [0.1, 0.15) is 10.8 Å². The third-order valence-corrected chi connectivity index (χ3v) is 5.58. The summed E-state index contributed by atoms with van der Waals surface area (Å²) in [6.07, 6.45) is 8.25. The van der Waals surface area contributed by atoms with Gasteiger partial charge in [0.2, 0.25) is 5.95 Å². The minimum atomic E-state index is 0.489. The normalized spacial score (nSPS) is 19.6. The van der Waals surface area contributed by atoms with Crippen molar-refractivity contribution in [3.05, 3.63) is 24.5 Å². The highest BCUT2D eigenvalue weighted by molar-refractivity contribution is 7.99. The molecule has 3 heterocycles. The van der Waals surface area contributed by atoms with Crippen LogP contribution in [0.25, 0.3) is 0 Å². The zero-order chi connectivity index (χ0) is 18.6. The number of hydrogen-bond acceptors (Lipinski definition) is 7. The molecule has 27 heavy (non-hydrogen) atoms. The van der Waals surface area contributed by atoms with E-state index in [-0.39, 0.29) is 0 Å². The fourth-order valence-corrected chi connectivity index (χ4v) is 4.03. The third-order valence-electron chi connectivity index (χ3n) is 4.55. The predicted octanol–water partition coefficient (Wildman–Crippen LogP) is 3.10. The first-order valence-corrected chi connectivity index (χ1v) is 10.5. The van der Waals surface area contributed by atoms with E-state index in [1.807, 2.05) is 6.07 Å². The van der Waals surface area contributed by atoms with Crippen molar-refractivity contribution in [2.75, 3.05) is 23.3 Å². The number of nitrogens with one attached hydrogen (secondary N) is 2. The molecule has 2 fully saturated rings. The summed E-state index contributed by atoms with van der Waals surface area (Å²) in [6.45, 7) is 4.30. The minimum Gasteiger partial charge on any atom is -0.360 e. The summed E-state index contributed by atoms with van der Waals surface area (Å²) in [5.74, 6) is 2.10. The summed E-state index contributed by atoms with van der Waals surface area (Å²) in [7, 11) is 0. The average Bonchev–Trinajstić information content (AvgIpc) is 3.46. The second-order valence-corrected chi connectivity index (χ2v) is 8.48. The van der Waals surface area contributed by atoms with Crippen LogP contribution in [0.4, 0.5) is 11.8 Å². The molecule has 2 aliphatic rings. The number of nitrogens with zero attached hydrogens (tertiary/aromatic N) is 5. The van der Waals surface area contributed by atoms with Crippen molar-refractivity contribution in [1.82, 2.24) is 25.3 Å². The van der Waals surface area contributed by atoms with E-state index in [2.05, 4.69) is 37.4 Å². The molecule has 1 saturated heterocycles. The van der Waals surface area contributed by atoms with E-state index in [1.54, 1.807) is 18.5 Å². The van der Waals surface area contributed by atoms with Crippen molar-refractivity contribution in [3.63, 3.8) is 0 Å². The molecule has 0 amide bonds. The fourth-order valence-electron chi connectivity index (χ4n) is 3.06. The Bertz CT molecular complexity index is 798. The topological polar surface area (TPSA) is 78.9 Å². The SMILES string of the molecule is CC1CCCN(c2cc(Sc3ncccn3)nc(NC(=S)NC3CC3)n2)C1. The number of hydrogen-bond donors (Lipinski definition) is 2. The number of rotatable bonds is 5. The van der Waals surface area contributed by atoms with Crippen molar-refractivity contribution in [3.8, 4) is 0 Å². The molecule has 7 nitrogen and oxygen atoms in total. The van der Waals surface area contributed by atoms with Crippen LogP contribution in [-0.4, -0.2) is 44.2 Å². The molecule has 1 unspecified atom stereocenters. The van der Waals surface area contributed by atoms with Crippen molar-refractivity contribution < 1.29 is 0 Å². The van der Waals surface area contributed by atoms with E-state index in [0.717, 1.165) is 23.9 Å². The van der Waals surface area contributed by atoms with E-state index >= 15 is 0 Å². The second kappa shape index (κ2) is 8.35. The highest BCUT2D eigenvalue weighted by Gasteiger charge is 2.23. The Morgan fingerprint density at radius 3 is 2.78 bits per heavy atom. The Labute approximate surface area is 168 Å². The largest absolute Gasteiger partial charge is 0.360 e. The maximum absolute atomic E-state index is 5.40. The van der Waals surface area contributed by atoms with Gasteiger partial charge in [0.15, 0.2) is 10.3 Å². The van der Waals surface area contributed by atoms with Crippen molar-refractivity contribution >= 4 is 40.9 Å². The monoisotopic (exact) mass is 401 g/mol. The van der Waals surface area contributed by atoms with E-state index in [4.69, 9.17) is 17.2 Å². The smallest absolute Gasteiger partial charge is 0.232 e. The maximum atomic E-state index is 5.40. The number of piperidine rings is 1. The summed E-state index contributed by atoms with van der Waals surface area (Å²) in [6, 6.07) is 4.31. The molecule has 2 N–H and O–H groups in total. The lowest BCUT2D eigenvalue weighted by molar-refractivity contribution is 0.444. The lowest BCUT2D eigenvalue weighted by Gasteiger charge is -2.32. The van der Waals surface area contributed by atoms with Crippen LogP contribution in [-0.2, 0) is 0 Å². The molecular formula is C18H23N7S2. The fraction of sp³-hybridized carbons (Fsp3) is 0.500. The molecule has 0 spiro atoms. The van der Waals surface area contributed by atoms with E-state index in [1.165, 1.54) is 37.4 Å². The molecule has 0 aromatic carbocycles. The van der Waals surface area contributed by atoms with Gasteiger partial charge in [-0.15, -0.1) is 0 Å². The second-order valence-electron chi connectivity index (χ2n) is 7.09. The van der Waals surface area contributed by atoms with Gasteiger partial charge in [-0.2, -0.15) is 4.98 Å². The average molecular weight is 402 g/mol. The van der Waals surface area contributed by atoms with Crippen LogP contribution in [0.15, 0.2) is 34.7 Å². The van der Waals surface area contributed by atoms with Crippen LogP contribution < -0.4 is 15.5 Å². The van der Waals surface area contributed by atoms with Crippen LogP contribution in [0.5, 0.6) is 0 Å². The number of thiocarbonyl (C=S) groups is 1. The Balaban J connectivity index is 1.57. The van der Waals surface area contributed by atoms with Crippen LogP contribution >= 0.6 is 24.0 Å². The minimum absolute atomic E-state index is 0.489. The van der Waals surface area contributed by atoms with Gasteiger partial charge < -0.3 is 15.5 Å². The first-order valence-electron chi connectivity index (χ1n) is 9.32.